The third-order valence-electron chi connectivity index (χ3n) is 3.17. The zero-order chi connectivity index (χ0) is 10.4. The predicted octanol–water partition coefficient (Wildman–Crippen LogP) is 1.27. The average Bonchev–Trinajstić information content (AvgIpc) is 2.26. The Labute approximate surface area is 86.9 Å². The van der Waals surface area contributed by atoms with Crippen molar-refractivity contribution in [2.45, 2.75) is 38.6 Å². The molecule has 0 spiro atoms. The lowest BCUT2D eigenvalue weighted by Crippen LogP contribution is -2.58. The van der Waals surface area contributed by atoms with Gasteiger partial charge in [-0.25, -0.2) is 0 Å². The van der Waals surface area contributed by atoms with Gasteiger partial charge >= 0.3 is 0 Å². The monoisotopic (exact) mass is 195 g/mol. The lowest BCUT2D eigenvalue weighted by atomic mass is 9.78. The molecule has 2 N–H and O–H groups in total. The first-order valence-corrected chi connectivity index (χ1v) is 5.66. The Balaban J connectivity index is 2.67. The molecule has 1 aliphatic heterocycles. The number of hydrogen-bond donors (Lipinski definition) is 2. The number of rotatable bonds is 4. The van der Waals surface area contributed by atoms with Crippen molar-refractivity contribution < 1.29 is 0 Å². The number of hydrogen-bond acceptors (Lipinski definition) is 3. The van der Waals surface area contributed by atoms with Crippen LogP contribution in [0.4, 0.5) is 0 Å². The molecule has 0 aliphatic carbocycles. The minimum atomic E-state index is -0.268. The van der Waals surface area contributed by atoms with E-state index in [0.717, 1.165) is 38.9 Å². The fourth-order valence-electron chi connectivity index (χ4n) is 2.20. The van der Waals surface area contributed by atoms with E-state index in [1.54, 1.807) is 0 Å². The zero-order valence-corrected chi connectivity index (χ0v) is 9.27. The first kappa shape index (κ1) is 11.5. The second kappa shape index (κ2) is 5.33. The third kappa shape index (κ3) is 2.26. The molecule has 1 aliphatic rings. The molecule has 0 aromatic carbocycles. The molecule has 80 valence electrons. The molecular formula is C11H21N3. The Morgan fingerprint density at radius 3 is 2.93 bits per heavy atom. The molecular weight excluding hydrogens is 174 g/mol. The van der Waals surface area contributed by atoms with Crippen LogP contribution in [0.5, 0.6) is 0 Å². The van der Waals surface area contributed by atoms with Crippen molar-refractivity contribution in [1.82, 2.24) is 10.6 Å². The molecule has 0 bridgehead atoms. The van der Waals surface area contributed by atoms with Crippen molar-refractivity contribution in [1.29, 1.82) is 5.26 Å². The molecule has 0 amide bonds. The first-order valence-electron chi connectivity index (χ1n) is 5.66. The molecule has 0 aromatic heterocycles. The van der Waals surface area contributed by atoms with Crippen LogP contribution in [-0.4, -0.2) is 25.2 Å². The summed E-state index contributed by atoms with van der Waals surface area (Å²) in [5.41, 5.74) is -0.268. The third-order valence-corrected chi connectivity index (χ3v) is 3.17. The van der Waals surface area contributed by atoms with E-state index < -0.39 is 0 Å². The topological polar surface area (TPSA) is 47.9 Å². The molecule has 14 heavy (non-hydrogen) atoms. The Bertz CT molecular complexity index is 209. The van der Waals surface area contributed by atoms with Gasteiger partial charge in [-0.3, -0.25) is 5.32 Å². The van der Waals surface area contributed by atoms with Gasteiger partial charge in [0.05, 0.1) is 6.07 Å². The van der Waals surface area contributed by atoms with Crippen LogP contribution in [0.2, 0.25) is 0 Å². The molecule has 0 aromatic rings. The standard InChI is InChI=1S/C11H21N3/c1-3-6-14-11(9-12)5-7-13-8-10(11)4-2/h10,13-14H,3-8H2,1-2H3. The second-order valence-corrected chi connectivity index (χ2v) is 4.07. The SMILES string of the molecule is CCCNC1(C#N)CCNCC1CC. The second-order valence-electron chi connectivity index (χ2n) is 4.07. The molecule has 3 nitrogen and oxygen atoms in total. The van der Waals surface area contributed by atoms with Gasteiger partial charge in [0.15, 0.2) is 0 Å². The Morgan fingerprint density at radius 2 is 2.36 bits per heavy atom. The molecule has 1 rings (SSSR count). The smallest absolute Gasteiger partial charge is 0.112 e. The molecule has 3 heteroatoms. The van der Waals surface area contributed by atoms with E-state index in [9.17, 15) is 5.26 Å². The Hall–Kier alpha value is -0.590. The van der Waals surface area contributed by atoms with Gasteiger partial charge in [0.25, 0.3) is 0 Å². The van der Waals surface area contributed by atoms with Crippen molar-refractivity contribution in [3.8, 4) is 6.07 Å². The van der Waals surface area contributed by atoms with Crippen molar-refractivity contribution in [2.24, 2.45) is 5.92 Å². The van der Waals surface area contributed by atoms with Crippen LogP contribution in [0, 0.1) is 17.2 Å². The summed E-state index contributed by atoms with van der Waals surface area (Å²) >= 11 is 0. The van der Waals surface area contributed by atoms with E-state index in [4.69, 9.17) is 0 Å². The summed E-state index contributed by atoms with van der Waals surface area (Å²) in [5, 5.41) is 16.1. The Kier molecular flexibility index (Phi) is 4.37. The number of piperidine rings is 1. The van der Waals surface area contributed by atoms with Gasteiger partial charge in [-0.2, -0.15) is 5.26 Å². The molecule has 0 radical (unpaired) electrons. The molecule has 1 saturated heterocycles. The van der Waals surface area contributed by atoms with Crippen LogP contribution in [0.15, 0.2) is 0 Å². The molecule has 2 atom stereocenters. The first-order chi connectivity index (χ1) is 6.79. The van der Waals surface area contributed by atoms with Gasteiger partial charge < -0.3 is 5.32 Å². The molecule has 1 fully saturated rings. The minimum absolute atomic E-state index is 0.268. The normalized spacial score (nSPS) is 32.5. The van der Waals surface area contributed by atoms with E-state index in [1.165, 1.54) is 0 Å². The lowest BCUT2D eigenvalue weighted by molar-refractivity contribution is 0.206. The van der Waals surface area contributed by atoms with E-state index in [1.807, 2.05) is 0 Å². The highest BCUT2D eigenvalue weighted by Crippen LogP contribution is 2.26. The van der Waals surface area contributed by atoms with Gasteiger partial charge in [-0.05, 0) is 32.4 Å². The molecule has 0 saturated carbocycles. The maximum absolute atomic E-state index is 9.33. The summed E-state index contributed by atoms with van der Waals surface area (Å²) in [4.78, 5) is 0. The van der Waals surface area contributed by atoms with Gasteiger partial charge in [0.1, 0.15) is 5.54 Å². The number of nitrogens with one attached hydrogen (secondary N) is 2. The van der Waals surface area contributed by atoms with Crippen LogP contribution < -0.4 is 10.6 Å². The highest BCUT2D eigenvalue weighted by molar-refractivity contribution is 5.13. The number of nitriles is 1. The van der Waals surface area contributed by atoms with Crippen LogP contribution in [0.25, 0.3) is 0 Å². The summed E-state index contributed by atoms with van der Waals surface area (Å²) in [6.07, 6.45) is 3.09. The van der Waals surface area contributed by atoms with E-state index in [0.29, 0.717) is 5.92 Å². The van der Waals surface area contributed by atoms with E-state index in [2.05, 4.69) is 30.6 Å². The Morgan fingerprint density at radius 1 is 1.57 bits per heavy atom. The lowest BCUT2D eigenvalue weighted by Gasteiger charge is -2.39. The predicted molar refractivity (Wildman–Crippen MR) is 57.9 cm³/mol. The van der Waals surface area contributed by atoms with Crippen molar-refractivity contribution in [3.05, 3.63) is 0 Å². The van der Waals surface area contributed by atoms with Gasteiger partial charge in [0.2, 0.25) is 0 Å². The maximum atomic E-state index is 9.33. The largest absolute Gasteiger partial charge is 0.316 e. The highest BCUT2D eigenvalue weighted by atomic mass is 15.0. The fraction of sp³-hybridized carbons (Fsp3) is 0.909. The van der Waals surface area contributed by atoms with E-state index in [-0.39, 0.29) is 5.54 Å². The van der Waals surface area contributed by atoms with Crippen LogP contribution in [-0.2, 0) is 0 Å². The van der Waals surface area contributed by atoms with Gasteiger partial charge in [-0.15, -0.1) is 0 Å². The van der Waals surface area contributed by atoms with E-state index >= 15 is 0 Å². The van der Waals surface area contributed by atoms with Crippen LogP contribution >= 0.6 is 0 Å². The maximum Gasteiger partial charge on any atom is 0.112 e. The van der Waals surface area contributed by atoms with Gasteiger partial charge in [-0.1, -0.05) is 13.8 Å². The highest BCUT2D eigenvalue weighted by Gasteiger charge is 2.39. The zero-order valence-electron chi connectivity index (χ0n) is 9.27. The van der Waals surface area contributed by atoms with Crippen LogP contribution in [0.1, 0.15) is 33.1 Å². The summed E-state index contributed by atoms with van der Waals surface area (Å²) in [7, 11) is 0. The summed E-state index contributed by atoms with van der Waals surface area (Å²) < 4.78 is 0. The van der Waals surface area contributed by atoms with Crippen molar-refractivity contribution >= 4 is 0 Å². The summed E-state index contributed by atoms with van der Waals surface area (Å²) in [6, 6.07) is 2.50. The summed E-state index contributed by atoms with van der Waals surface area (Å²) in [5.74, 6) is 0.452. The average molecular weight is 195 g/mol. The molecule has 2 unspecified atom stereocenters. The van der Waals surface area contributed by atoms with Crippen molar-refractivity contribution in [2.75, 3.05) is 19.6 Å². The number of nitrogens with zero attached hydrogens (tertiary/aromatic N) is 1. The minimum Gasteiger partial charge on any atom is -0.316 e. The van der Waals surface area contributed by atoms with Crippen LogP contribution in [0.3, 0.4) is 0 Å². The van der Waals surface area contributed by atoms with Gasteiger partial charge in [0, 0.05) is 12.5 Å². The quantitative estimate of drug-likeness (QED) is 0.710. The summed E-state index contributed by atoms with van der Waals surface area (Å²) in [6.45, 7) is 7.18. The van der Waals surface area contributed by atoms with Crippen molar-refractivity contribution in [3.63, 3.8) is 0 Å². The molecule has 1 heterocycles. The fourth-order valence-corrected chi connectivity index (χ4v) is 2.20.